The molecule has 0 fully saturated rings. The molecule has 0 aliphatic heterocycles. The Kier molecular flexibility index (Phi) is 4.95. The van der Waals surface area contributed by atoms with Crippen molar-refractivity contribution in [3.8, 4) is 0 Å². The molecule has 1 atom stereocenters. The maximum absolute atomic E-state index is 13.2. The first-order valence-corrected chi connectivity index (χ1v) is 7.68. The van der Waals surface area contributed by atoms with E-state index in [4.69, 9.17) is 5.84 Å². The molecule has 0 bridgehead atoms. The normalized spacial score (nSPS) is 12.9. The molecule has 0 spiro atoms. The van der Waals surface area contributed by atoms with E-state index in [2.05, 4.69) is 42.4 Å². The molecule has 1 unspecified atom stereocenters. The zero-order valence-electron chi connectivity index (χ0n) is 11.1. The minimum absolute atomic E-state index is 0.186. The highest BCUT2D eigenvalue weighted by molar-refractivity contribution is 9.10. The van der Waals surface area contributed by atoms with Crippen LogP contribution in [0.25, 0.3) is 0 Å². The Morgan fingerprint density at radius 3 is 2.55 bits per heavy atom. The number of nitrogens with one attached hydrogen (secondary N) is 1. The molecule has 0 aliphatic carbocycles. The summed E-state index contributed by atoms with van der Waals surface area (Å²) in [6.45, 7) is 4.08. The first-order chi connectivity index (χ1) is 9.45. The van der Waals surface area contributed by atoms with Crippen LogP contribution in [-0.2, 0) is 0 Å². The van der Waals surface area contributed by atoms with Gasteiger partial charge in [0, 0.05) is 10.5 Å². The minimum atomic E-state index is -0.302. The van der Waals surface area contributed by atoms with Gasteiger partial charge in [-0.25, -0.2) is 9.82 Å². The van der Waals surface area contributed by atoms with Gasteiger partial charge in [0.05, 0.1) is 22.4 Å². The van der Waals surface area contributed by atoms with E-state index >= 15 is 0 Å². The number of rotatable bonds is 4. The van der Waals surface area contributed by atoms with E-state index in [0.29, 0.717) is 4.47 Å². The fourth-order valence-corrected chi connectivity index (χ4v) is 3.17. The molecule has 108 valence electrons. The third-order valence-corrected chi connectivity index (χ3v) is 4.29. The van der Waals surface area contributed by atoms with Crippen molar-refractivity contribution in [2.75, 3.05) is 0 Å². The van der Waals surface area contributed by atoms with Crippen LogP contribution in [0.3, 0.4) is 0 Å². The Morgan fingerprint density at radius 1 is 1.30 bits per heavy atom. The van der Waals surface area contributed by atoms with Gasteiger partial charge < -0.3 is 0 Å². The Bertz CT molecular complexity index is 612. The maximum Gasteiger partial charge on any atom is 0.124 e. The number of benzene rings is 1. The molecule has 1 aromatic heterocycles. The molecule has 2 rings (SSSR count). The lowest BCUT2D eigenvalue weighted by Gasteiger charge is -2.21. The van der Waals surface area contributed by atoms with Gasteiger partial charge in [-0.1, -0.05) is 22.0 Å². The molecule has 0 amide bonds. The highest BCUT2D eigenvalue weighted by Crippen LogP contribution is 2.33. The summed E-state index contributed by atoms with van der Waals surface area (Å²) in [4.78, 5) is 0. The summed E-state index contributed by atoms with van der Waals surface area (Å²) in [5.74, 6) is 5.42. The van der Waals surface area contributed by atoms with Gasteiger partial charge in [-0.05, 0) is 47.5 Å². The van der Waals surface area contributed by atoms with Crippen LogP contribution < -0.4 is 11.3 Å². The van der Waals surface area contributed by atoms with Crippen LogP contribution in [-0.4, -0.2) is 9.78 Å². The lowest BCUT2D eigenvalue weighted by molar-refractivity contribution is 0.474. The molecule has 3 N–H and O–H groups in total. The molecule has 1 aromatic carbocycles. The molecular formula is C13H15Br2FN4. The molecule has 2 aromatic rings. The lowest BCUT2D eigenvalue weighted by atomic mass is 10.0. The van der Waals surface area contributed by atoms with E-state index in [1.165, 1.54) is 12.1 Å². The van der Waals surface area contributed by atoms with Crippen LogP contribution in [0.5, 0.6) is 0 Å². The van der Waals surface area contributed by atoms with Crippen molar-refractivity contribution in [1.82, 2.24) is 15.2 Å². The van der Waals surface area contributed by atoms with E-state index in [1.54, 1.807) is 12.3 Å². The lowest BCUT2D eigenvalue weighted by Crippen LogP contribution is -2.31. The fourth-order valence-electron chi connectivity index (χ4n) is 2.08. The van der Waals surface area contributed by atoms with Gasteiger partial charge in [-0.15, -0.1) is 0 Å². The first kappa shape index (κ1) is 15.6. The summed E-state index contributed by atoms with van der Waals surface area (Å²) in [5, 5.41) is 4.34. The maximum atomic E-state index is 13.2. The molecule has 0 saturated heterocycles. The van der Waals surface area contributed by atoms with Crippen molar-refractivity contribution in [3.05, 3.63) is 50.4 Å². The highest BCUT2D eigenvalue weighted by atomic mass is 79.9. The largest absolute Gasteiger partial charge is 0.271 e. The van der Waals surface area contributed by atoms with Crippen LogP contribution >= 0.6 is 31.9 Å². The van der Waals surface area contributed by atoms with Crippen molar-refractivity contribution in [1.29, 1.82) is 0 Å². The standard InChI is InChI=1S/C13H15Br2FN4/c1-7(2)20-13(11(15)6-18-20)12(19-17)9-4-3-8(16)5-10(9)14/h3-7,12,19H,17H2,1-2H3. The van der Waals surface area contributed by atoms with E-state index in [1.807, 2.05) is 18.5 Å². The predicted octanol–water partition coefficient (Wildman–Crippen LogP) is 3.68. The van der Waals surface area contributed by atoms with Crippen molar-refractivity contribution in [2.45, 2.75) is 25.9 Å². The summed E-state index contributed by atoms with van der Waals surface area (Å²) in [7, 11) is 0. The van der Waals surface area contributed by atoms with Gasteiger partial charge in [-0.2, -0.15) is 5.10 Å². The molecule has 1 heterocycles. The zero-order valence-corrected chi connectivity index (χ0v) is 14.2. The van der Waals surface area contributed by atoms with Gasteiger partial charge in [0.1, 0.15) is 5.82 Å². The monoisotopic (exact) mass is 404 g/mol. The summed E-state index contributed by atoms with van der Waals surface area (Å²) in [6.07, 6.45) is 1.73. The van der Waals surface area contributed by atoms with Crippen molar-refractivity contribution in [2.24, 2.45) is 5.84 Å². The van der Waals surface area contributed by atoms with Crippen molar-refractivity contribution < 1.29 is 4.39 Å². The zero-order chi connectivity index (χ0) is 14.9. The van der Waals surface area contributed by atoms with E-state index < -0.39 is 0 Å². The van der Waals surface area contributed by atoms with Gasteiger partial charge in [0.2, 0.25) is 0 Å². The van der Waals surface area contributed by atoms with E-state index in [-0.39, 0.29) is 17.9 Å². The highest BCUT2D eigenvalue weighted by Gasteiger charge is 2.24. The third kappa shape index (κ3) is 2.95. The molecule has 20 heavy (non-hydrogen) atoms. The quantitative estimate of drug-likeness (QED) is 0.602. The summed E-state index contributed by atoms with van der Waals surface area (Å²) in [6, 6.07) is 4.42. The number of hydrazine groups is 1. The Hall–Kier alpha value is -0.760. The van der Waals surface area contributed by atoms with Crippen molar-refractivity contribution >= 4 is 31.9 Å². The van der Waals surface area contributed by atoms with Crippen LogP contribution in [0.1, 0.15) is 37.2 Å². The average molecular weight is 406 g/mol. The average Bonchev–Trinajstić information content (AvgIpc) is 2.75. The predicted molar refractivity (Wildman–Crippen MR) is 83.6 cm³/mol. The number of hydrogen-bond acceptors (Lipinski definition) is 3. The molecule has 0 aliphatic rings. The number of halogens is 3. The SMILES string of the molecule is CC(C)n1ncc(Br)c1C(NN)c1ccc(F)cc1Br. The third-order valence-electron chi connectivity index (χ3n) is 2.99. The summed E-state index contributed by atoms with van der Waals surface area (Å²) >= 11 is 6.87. The second-order valence-corrected chi connectivity index (χ2v) is 6.39. The molecular weight excluding hydrogens is 391 g/mol. The molecule has 0 saturated carbocycles. The van der Waals surface area contributed by atoms with Gasteiger partial charge >= 0.3 is 0 Å². The summed E-state index contributed by atoms with van der Waals surface area (Å²) < 4.78 is 16.6. The fraction of sp³-hybridized carbons (Fsp3) is 0.308. The van der Waals surface area contributed by atoms with Crippen LogP contribution in [0.15, 0.2) is 33.3 Å². The smallest absolute Gasteiger partial charge is 0.124 e. The first-order valence-electron chi connectivity index (χ1n) is 6.09. The van der Waals surface area contributed by atoms with Crippen molar-refractivity contribution in [3.63, 3.8) is 0 Å². The van der Waals surface area contributed by atoms with E-state index in [0.717, 1.165) is 15.7 Å². The topological polar surface area (TPSA) is 55.9 Å². The Morgan fingerprint density at radius 2 is 2.00 bits per heavy atom. The second kappa shape index (κ2) is 6.34. The van der Waals surface area contributed by atoms with Crippen LogP contribution in [0.2, 0.25) is 0 Å². The van der Waals surface area contributed by atoms with Gasteiger partial charge in [-0.3, -0.25) is 10.5 Å². The Balaban J connectivity index is 2.55. The van der Waals surface area contributed by atoms with Crippen LogP contribution in [0.4, 0.5) is 4.39 Å². The molecule has 7 heteroatoms. The number of nitrogens with zero attached hydrogens (tertiary/aromatic N) is 2. The Labute approximate surface area is 133 Å². The molecule has 4 nitrogen and oxygen atoms in total. The van der Waals surface area contributed by atoms with Gasteiger partial charge in [0.15, 0.2) is 0 Å². The van der Waals surface area contributed by atoms with Gasteiger partial charge in [0.25, 0.3) is 0 Å². The molecule has 0 radical (unpaired) electrons. The van der Waals surface area contributed by atoms with E-state index in [9.17, 15) is 4.39 Å². The summed E-state index contributed by atoms with van der Waals surface area (Å²) in [5.41, 5.74) is 4.52. The number of hydrogen-bond donors (Lipinski definition) is 2. The van der Waals surface area contributed by atoms with Crippen LogP contribution in [0, 0.1) is 5.82 Å². The second-order valence-electron chi connectivity index (χ2n) is 4.68. The number of aromatic nitrogens is 2. The minimum Gasteiger partial charge on any atom is -0.271 e. The number of nitrogens with two attached hydrogens (primary N) is 1.